The van der Waals surface area contributed by atoms with Gasteiger partial charge < -0.3 is 14.6 Å². The highest BCUT2D eigenvalue weighted by molar-refractivity contribution is 7.99. The van der Waals surface area contributed by atoms with E-state index < -0.39 is 6.10 Å². The predicted octanol–water partition coefficient (Wildman–Crippen LogP) is 2.82. The van der Waals surface area contributed by atoms with Crippen molar-refractivity contribution in [1.29, 1.82) is 0 Å². The van der Waals surface area contributed by atoms with E-state index in [9.17, 15) is 5.11 Å². The van der Waals surface area contributed by atoms with Crippen LogP contribution in [-0.4, -0.2) is 40.9 Å². The van der Waals surface area contributed by atoms with Crippen LogP contribution in [0.25, 0.3) is 0 Å². The van der Waals surface area contributed by atoms with Crippen LogP contribution in [0, 0.1) is 5.92 Å². The Hall–Kier alpha value is -0.780. The zero-order chi connectivity index (χ0) is 14.7. The molecule has 21 heavy (non-hydrogen) atoms. The molecule has 1 aromatic heterocycles. The van der Waals surface area contributed by atoms with Crippen LogP contribution in [0.1, 0.15) is 37.5 Å². The average molecular weight is 309 g/mol. The number of hydrogen-bond acceptors (Lipinski definition) is 5. The van der Waals surface area contributed by atoms with Gasteiger partial charge in [-0.2, -0.15) is 11.8 Å². The van der Waals surface area contributed by atoms with Crippen LogP contribution in [0.3, 0.4) is 0 Å². The van der Waals surface area contributed by atoms with Gasteiger partial charge in [0, 0.05) is 12.7 Å². The van der Waals surface area contributed by atoms with E-state index in [2.05, 4.69) is 4.98 Å². The molecule has 0 saturated carbocycles. The molecule has 4 nitrogen and oxygen atoms in total. The first-order valence-corrected chi connectivity index (χ1v) is 8.79. The Balaban J connectivity index is 1.72. The van der Waals surface area contributed by atoms with Gasteiger partial charge in [0.2, 0.25) is 5.88 Å². The van der Waals surface area contributed by atoms with E-state index in [1.165, 1.54) is 11.5 Å². The second kappa shape index (κ2) is 6.55. The second-order valence-electron chi connectivity index (χ2n) is 5.95. The molecule has 0 bridgehead atoms. The summed E-state index contributed by atoms with van der Waals surface area (Å²) in [6.45, 7) is 0.746. The summed E-state index contributed by atoms with van der Waals surface area (Å²) < 4.78 is 11.3. The molecule has 1 N–H and O–H groups in total. The van der Waals surface area contributed by atoms with Crippen molar-refractivity contribution < 1.29 is 14.6 Å². The lowest BCUT2D eigenvalue weighted by molar-refractivity contribution is -0.121. The van der Waals surface area contributed by atoms with Gasteiger partial charge in [0.15, 0.2) is 0 Å². The van der Waals surface area contributed by atoms with Crippen LogP contribution >= 0.6 is 11.8 Å². The largest absolute Gasteiger partial charge is 0.481 e. The van der Waals surface area contributed by atoms with Crippen molar-refractivity contribution in [3.63, 3.8) is 0 Å². The van der Waals surface area contributed by atoms with Crippen molar-refractivity contribution in [2.75, 3.05) is 25.2 Å². The Labute approximate surface area is 130 Å². The highest BCUT2D eigenvalue weighted by Crippen LogP contribution is 2.43. The Bertz CT molecular complexity index is 471. The van der Waals surface area contributed by atoms with Gasteiger partial charge in [0.1, 0.15) is 0 Å². The molecule has 1 spiro atoms. The number of ether oxygens (including phenoxy) is 2. The molecule has 3 heterocycles. The fourth-order valence-electron chi connectivity index (χ4n) is 3.38. The normalized spacial score (nSPS) is 26.5. The van der Waals surface area contributed by atoms with Crippen molar-refractivity contribution in [3.8, 4) is 5.88 Å². The molecule has 0 aliphatic carbocycles. The van der Waals surface area contributed by atoms with Crippen molar-refractivity contribution >= 4 is 11.8 Å². The van der Waals surface area contributed by atoms with E-state index in [0.29, 0.717) is 11.6 Å². The summed E-state index contributed by atoms with van der Waals surface area (Å²) in [4.78, 5) is 4.38. The number of methoxy groups -OCH3 is 1. The van der Waals surface area contributed by atoms with Crippen molar-refractivity contribution in [2.24, 2.45) is 5.92 Å². The van der Waals surface area contributed by atoms with Crippen LogP contribution in [-0.2, 0) is 4.74 Å². The Morgan fingerprint density at radius 3 is 3.00 bits per heavy atom. The lowest BCUT2D eigenvalue weighted by Crippen LogP contribution is -2.44. The molecule has 0 radical (unpaired) electrons. The smallest absolute Gasteiger partial charge is 0.213 e. The van der Waals surface area contributed by atoms with E-state index >= 15 is 0 Å². The number of pyridine rings is 1. The maximum absolute atomic E-state index is 10.7. The number of hydrogen-bond donors (Lipinski definition) is 1. The van der Waals surface area contributed by atoms with Gasteiger partial charge in [-0.25, -0.2) is 4.98 Å². The van der Waals surface area contributed by atoms with Gasteiger partial charge in [-0.05, 0) is 49.2 Å². The Kier molecular flexibility index (Phi) is 4.72. The van der Waals surface area contributed by atoms with Crippen LogP contribution in [0.4, 0.5) is 0 Å². The molecule has 116 valence electrons. The molecule has 0 amide bonds. The van der Waals surface area contributed by atoms with Crippen LogP contribution in [0.15, 0.2) is 18.2 Å². The molecule has 2 saturated heterocycles. The van der Waals surface area contributed by atoms with E-state index in [1.54, 1.807) is 13.2 Å². The minimum atomic E-state index is -0.532. The van der Waals surface area contributed by atoms with Gasteiger partial charge in [0.05, 0.1) is 24.5 Å². The summed E-state index contributed by atoms with van der Waals surface area (Å²) in [5, 5.41) is 10.7. The third-order valence-corrected chi connectivity index (χ3v) is 5.62. The van der Waals surface area contributed by atoms with E-state index in [1.807, 2.05) is 23.9 Å². The molecule has 2 atom stereocenters. The van der Waals surface area contributed by atoms with Gasteiger partial charge in [-0.15, -0.1) is 0 Å². The van der Waals surface area contributed by atoms with Gasteiger partial charge in [0.25, 0.3) is 0 Å². The van der Waals surface area contributed by atoms with Crippen LogP contribution < -0.4 is 4.74 Å². The molecule has 2 fully saturated rings. The third-order valence-electron chi connectivity index (χ3n) is 4.64. The molecular weight excluding hydrogens is 286 g/mol. The van der Waals surface area contributed by atoms with Gasteiger partial charge in [-0.1, -0.05) is 6.07 Å². The summed E-state index contributed by atoms with van der Waals surface area (Å²) in [6, 6.07) is 5.57. The second-order valence-corrected chi connectivity index (χ2v) is 7.17. The zero-order valence-corrected chi connectivity index (χ0v) is 13.3. The van der Waals surface area contributed by atoms with Crippen LogP contribution in [0.5, 0.6) is 5.88 Å². The maximum Gasteiger partial charge on any atom is 0.213 e. The summed E-state index contributed by atoms with van der Waals surface area (Å²) in [6.07, 6.45) is 3.51. The molecule has 2 aliphatic heterocycles. The zero-order valence-electron chi connectivity index (χ0n) is 12.5. The highest BCUT2D eigenvalue weighted by Gasteiger charge is 2.41. The summed E-state index contributed by atoms with van der Waals surface area (Å²) in [5.41, 5.74) is 0.704. The first-order valence-electron chi connectivity index (χ1n) is 7.63. The fourth-order valence-corrected chi connectivity index (χ4v) is 4.61. The number of aliphatic hydroxyl groups is 1. The minimum absolute atomic E-state index is 0.00594. The predicted molar refractivity (Wildman–Crippen MR) is 83.7 cm³/mol. The SMILES string of the molecule is COc1cccc(C(O)C2CCOC3(CCSCC3)C2)n1. The Morgan fingerprint density at radius 2 is 2.24 bits per heavy atom. The summed E-state index contributed by atoms with van der Waals surface area (Å²) in [7, 11) is 1.60. The van der Waals surface area contributed by atoms with E-state index in [4.69, 9.17) is 9.47 Å². The van der Waals surface area contributed by atoms with Crippen molar-refractivity contribution in [1.82, 2.24) is 4.98 Å². The lowest BCUT2D eigenvalue weighted by Gasteiger charge is -2.44. The number of rotatable bonds is 3. The molecule has 5 heteroatoms. The Morgan fingerprint density at radius 1 is 1.43 bits per heavy atom. The highest BCUT2D eigenvalue weighted by atomic mass is 32.2. The number of aromatic nitrogens is 1. The molecule has 3 rings (SSSR count). The van der Waals surface area contributed by atoms with Crippen molar-refractivity contribution in [3.05, 3.63) is 23.9 Å². The number of aliphatic hydroxyl groups excluding tert-OH is 1. The molecule has 2 unspecified atom stereocenters. The molecular formula is C16H23NO3S. The maximum atomic E-state index is 10.7. The van der Waals surface area contributed by atoms with Crippen LogP contribution in [0.2, 0.25) is 0 Å². The van der Waals surface area contributed by atoms with E-state index in [-0.39, 0.29) is 11.5 Å². The molecule has 0 aromatic carbocycles. The van der Waals surface area contributed by atoms with Gasteiger partial charge in [-0.3, -0.25) is 0 Å². The minimum Gasteiger partial charge on any atom is -0.481 e. The standard InChI is InChI=1S/C16H23NO3S/c1-19-14-4-2-3-13(17-14)15(18)12-5-8-20-16(11-12)6-9-21-10-7-16/h2-4,12,15,18H,5-11H2,1H3. The lowest BCUT2D eigenvalue weighted by atomic mass is 9.79. The summed E-state index contributed by atoms with van der Waals surface area (Å²) >= 11 is 2.00. The number of nitrogens with zero attached hydrogens (tertiary/aromatic N) is 1. The first-order chi connectivity index (χ1) is 10.2. The fraction of sp³-hybridized carbons (Fsp3) is 0.688. The van der Waals surface area contributed by atoms with E-state index in [0.717, 1.165) is 32.3 Å². The molecule has 1 aromatic rings. The monoisotopic (exact) mass is 309 g/mol. The molecule has 2 aliphatic rings. The first kappa shape index (κ1) is 15.1. The average Bonchev–Trinajstić information content (AvgIpc) is 2.55. The quantitative estimate of drug-likeness (QED) is 0.930. The number of thioether (sulfide) groups is 1. The summed E-state index contributed by atoms with van der Waals surface area (Å²) in [5.74, 6) is 3.12. The van der Waals surface area contributed by atoms with Crippen molar-refractivity contribution in [2.45, 2.75) is 37.4 Å². The van der Waals surface area contributed by atoms with Gasteiger partial charge >= 0.3 is 0 Å². The topological polar surface area (TPSA) is 51.6 Å². The third kappa shape index (κ3) is 3.35.